The van der Waals surface area contributed by atoms with Gasteiger partial charge in [-0.25, -0.2) is 9.37 Å². The van der Waals surface area contributed by atoms with Crippen LogP contribution < -0.4 is 15.6 Å². The smallest absolute Gasteiger partial charge is 0.311 e. The van der Waals surface area contributed by atoms with E-state index in [0.29, 0.717) is 22.3 Å². The van der Waals surface area contributed by atoms with Crippen molar-refractivity contribution in [2.24, 2.45) is 5.10 Å². The zero-order valence-corrected chi connectivity index (χ0v) is 23.3. The van der Waals surface area contributed by atoms with E-state index >= 15 is 0 Å². The number of halogens is 2. The maximum atomic E-state index is 13.8. The van der Waals surface area contributed by atoms with Crippen molar-refractivity contribution in [1.29, 1.82) is 0 Å². The van der Waals surface area contributed by atoms with Crippen molar-refractivity contribution >= 4 is 50.3 Å². The second-order valence-corrected chi connectivity index (χ2v) is 10.5. The summed E-state index contributed by atoms with van der Waals surface area (Å²) in [5.41, 5.74) is 0.175. The minimum absolute atomic E-state index is 0.0273. The molecule has 0 aliphatic heterocycles. The van der Waals surface area contributed by atoms with Crippen molar-refractivity contribution in [3.8, 4) is 5.75 Å². The Morgan fingerprint density at radius 2 is 1.95 bits per heavy atom. The Labute approximate surface area is 242 Å². The van der Waals surface area contributed by atoms with Gasteiger partial charge >= 0.3 is 5.69 Å². The lowest BCUT2D eigenvalue weighted by atomic mass is 9.88. The van der Waals surface area contributed by atoms with Crippen LogP contribution in [0.25, 0.3) is 10.9 Å². The molecule has 10 nitrogen and oxygen atoms in total. The molecule has 4 aromatic rings. The number of nitrogens with zero attached hydrogens (tertiary/aromatic N) is 4. The predicted octanol–water partition coefficient (Wildman–Crippen LogP) is 6.15. The van der Waals surface area contributed by atoms with Gasteiger partial charge in [0.25, 0.3) is 11.5 Å². The van der Waals surface area contributed by atoms with Gasteiger partial charge in [0.15, 0.2) is 12.4 Å². The quantitative estimate of drug-likeness (QED) is 0.143. The van der Waals surface area contributed by atoms with Crippen LogP contribution in [0, 0.1) is 15.9 Å². The molecule has 0 atom stereocenters. The molecule has 41 heavy (non-hydrogen) atoms. The Hall–Kier alpha value is -4.45. The van der Waals surface area contributed by atoms with Gasteiger partial charge in [0.05, 0.1) is 27.7 Å². The number of carbonyl (C=O) groups is 1. The fraction of sp³-hybridized carbons (Fsp3) is 0.241. The highest BCUT2D eigenvalue weighted by Gasteiger charge is 2.23. The normalized spacial score (nSPS) is 13.9. The van der Waals surface area contributed by atoms with Crippen molar-refractivity contribution < 1.29 is 18.8 Å². The summed E-state index contributed by atoms with van der Waals surface area (Å²) < 4.78 is 21.2. The number of amides is 1. The Kier molecular flexibility index (Phi) is 8.48. The Balaban J connectivity index is 1.41. The molecule has 0 bridgehead atoms. The molecular formula is C29H25BrFN5O5. The van der Waals surface area contributed by atoms with Crippen LogP contribution in [0.3, 0.4) is 0 Å². The molecule has 1 amide bonds. The number of hydrogen-bond donors (Lipinski definition) is 1. The highest BCUT2D eigenvalue weighted by atomic mass is 79.9. The van der Waals surface area contributed by atoms with Crippen LogP contribution in [0.1, 0.15) is 49.4 Å². The highest BCUT2D eigenvalue weighted by Crippen LogP contribution is 2.32. The molecule has 12 heteroatoms. The summed E-state index contributed by atoms with van der Waals surface area (Å²) in [4.78, 5) is 41.6. The first-order valence-electron chi connectivity index (χ1n) is 13.0. The van der Waals surface area contributed by atoms with Crippen LogP contribution in [0.2, 0.25) is 0 Å². The molecule has 1 heterocycles. The van der Waals surface area contributed by atoms with Crippen molar-refractivity contribution in [2.45, 2.75) is 38.0 Å². The molecule has 0 saturated heterocycles. The zero-order chi connectivity index (χ0) is 28.9. The maximum Gasteiger partial charge on any atom is 0.311 e. The first kappa shape index (κ1) is 28.1. The van der Waals surface area contributed by atoms with Crippen LogP contribution in [0.4, 0.5) is 15.8 Å². The van der Waals surface area contributed by atoms with Crippen molar-refractivity contribution in [3.63, 3.8) is 0 Å². The van der Waals surface area contributed by atoms with E-state index in [1.54, 1.807) is 18.2 Å². The third-order valence-electron chi connectivity index (χ3n) is 6.81. The topological polar surface area (TPSA) is 129 Å². The van der Waals surface area contributed by atoms with Gasteiger partial charge in [-0.3, -0.25) is 19.7 Å². The average Bonchev–Trinajstić information content (AvgIpc) is 2.97. The van der Waals surface area contributed by atoms with Gasteiger partial charge in [-0.1, -0.05) is 47.3 Å². The molecule has 1 N–H and O–H groups in total. The molecule has 3 aromatic carbocycles. The van der Waals surface area contributed by atoms with Gasteiger partial charge in [0.1, 0.15) is 11.6 Å². The summed E-state index contributed by atoms with van der Waals surface area (Å²) in [7, 11) is 0. The Morgan fingerprint density at radius 1 is 1.17 bits per heavy atom. The summed E-state index contributed by atoms with van der Waals surface area (Å²) in [5.74, 6) is -0.804. The van der Waals surface area contributed by atoms with Crippen LogP contribution in [0.5, 0.6) is 5.75 Å². The van der Waals surface area contributed by atoms with Gasteiger partial charge < -0.3 is 10.1 Å². The second-order valence-electron chi connectivity index (χ2n) is 9.63. The first-order valence-corrected chi connectivity index (χ1v) is 13.8. The number of anilines is 1. The van der Waals surface area contributed by atoms with Gasteiger partial charge in [-0.2, -0.15) is 9.78 Å². The number of benzene rings is 3. The lowest BCUT2D eigenvalue weighted by Crippen LogP contribution is -2.25. The number of rotatable bonds is 8. The van der Waals surface area contributed by atoms with Crippen LogP contribution in [-0.2, 0) is 4.79 Å². The summed E-state index contributed by atoms with van der Waals surface area (Å²) in [6.45, 7) is -0.568. The van der Waals surface area contributed by atoms with Gasteiger partial charge in [0, 0.05) is 22.0 Å². The summed E-state index contributed by atoms with van der Waals surface area (Å²) in [6, 6.07) is 15.1. The molecule has 0 spiro atoms. The highest BCUT2D eigenvalue weighted by molar-refractivity contribution is 9.10. The fourth-order valence-corrected chi connectivity index (χ4v) is 5.16. The second kappa shape index (κ2) is 12.4. The van der Waals surface area contributed by atoms with Gasteiger partial charge in [-0.05, 0) is 55.3 Å². The summed E-state index contributed by atoms with van der Waals surface area (Å²) in [6.07, 6.45) is 6.36. The molecule has 1 fully saturated rings. The number of ether oxygens (including phenoxy) is 1. The molecule has 1 saturated carbocycles. The number of carbonyl (C=O) groups excluding carboxylic acids is 1. The molecule has 1 aliphatic rings. The fourth-order valence-electron chi connectivity index (χ4n) is 4.80. The van der Waals surface area contributed by atoms with Crippen LogP contribution in [-0.4, -0.2) is 33.3 Å². The van der Waals surface area contributed by atoms with Gasteiger partial charge in [-0.15, -0.1) is 0 Å². The molecule has 1 aromatic heterocycles. The number of nitro benzene ring substituents is 1. The van der Waals surface area contributed by atoms with Crippen LogP contribution in [0.15, 0.2) is 75.0 Å². The van der Waals surface area contributed by atoms with E-state index in [1.165, 1.54) is 47.3 Å². The SMILES string of the molecule is O=C(COc1ccc(C=Nn2c(C3CCCCC3)nc3ccc(Br)cc3c2=O)cc1[N+](=O)[O-])Nc1ccccc1F. The van der Waals surface area contributed by atoms with E-state index in [0.717, 1.165) is 36.6 Å². The Bertz CT molecular complexity index is 1720. The van der Waals surface area contributed by atoms with Crippen molar-refractivity contribution in [3.05, 3.63) is 103 Å². The van der Waals surface area contributed by atoms with Crippen LogP contribution >= 0.6 is 15.9 Å². The Morgan fingerprint density at radius 3 is 2.71 bits per heavy atom. The van der Waals surface area contributed by atoms with Crippen molar-refractivity contribution in [1.82, 2.24) is 9.66 Å². The van der Waals surface area contributed by atoms with E-state index in [4.69, 9.17) is 9.72 Å². The molecule has 210 valence electrons. The number of hydrogen-bond acceptors (Lipinski definition) is 7. The van der Waals surface area contributed by atoms with Crippen molar-refractivity contribution in [2.75, 3.05) is 11.9 Å². The van der Waals surface area contributed by atoms with Gasteiger partial charge in [0.2, 0.25) is 0 Å². The molecule has 5 rings (SSSR count). The minimum atomic E-state index is -0.680. The zero-order valence-electron chi connectivity index (χ0n) is 21.8. The van der Waals surface area contributed by atoms with E-state index in [-0.39, 0.29) is 22.9 Å². The van der Waals surface area contributed by atoms with E-state index < -0.39 is 28.9 Å². The summed E-state index contributed by atoms with van der Waals surface area (Å²) in [5, 5.41) is 19.0. The summed E-state index contributed by atoms with van der Waals surface area (Å²) >= 11 is 3.40. The number of para-hydroxylation sites is 1. The largest absolute Gasteiger partial charge is 0.477 e. The first-order chi connectivity index (χ1) is 19.8. The lowest BCUT2D eigenvalue weighted by Gasteiger charge is -2.22. The molecular weight excluding hydrogens is 597 g/mol. The monoisotopic (exact) mass is 621 g/mol. The third-order valence-corrected chi connectivity index (χ3v) is 7.31. The average molecular weight is 622 g/mol. The van der Waals surface area contributed by atoms with E-state index in [9.17, 15) is 24.1 Å². The molecule has 0 unspecified atom stereocenters. The third kappa shape index (κ3) is 6.49. The van der Waals surface area contributed by atoms with E-state index in [2.05, 4.69) is 26.3 Å². The number of fused-ring (bicyclic) bond motifs is 1. The van der Waals surface area contributed by atoms with E-state index in [1.807, 2.05) is 6.07 Å². The maximum absolute atomic E-state index is 13.8. The number of nitrogens with one attached hydrogen (secondary N) is 1. The molecule has 1 aliphatic carbocycles. The lowest BCUT2D eigenvalue weighted by molar-refractivity contribution is -0.385. The standard InChI is InChI=1S/C29H25BrFN5O5/c30-20-11-12-23-21(15-20)29(38)35(28(34-23)19-6-2-1-3-7-19)32-16-18-10-13-26(25(14-18)36(39)40)41-17-27(37)33-24-9-5-4-8-22(24)31/h4-5,8-16,19H,1-3,6-7,17H2,(H,33,37). The predicted molar refractivity (Wildman–Crippen MR) is 156 cm³/mol. The minimum Gasteiger partial charge on any atom is -0.477 e. The number of nitro groups is 1. The molecule has 0 radical (unpaired) electrons. The number of aromatic nitrogens is 2.